The predicted molar refractivity (Wildman–Crippen MR) is 138 cm³/mol. The summed E-state index contributed by atoms with van der Waals surface area (Å²) < 4.78 is 12.0. The minimum atomic E-state index is -1.43. The Kier molecular flexibility index (Phi) is 8.96. The van der Waals surface area contributed by atoms with Crippen LogP contribution in [0.2, 0.25) is 0 Å². The molecule has 11 heteroatoms. The summed E-state index contributed by atoms with van der Waals surface area (Å²) in [6.07, 6.45) is -0.951. The van der Waals surface area contributed by atoms with Crippen molar-refractivity contribution in [2.24, 2.45) is 5.92 Å². The van der Waals surface area contributed by atoms with Gasteiger partial charge in [0.25, 0.3) is 0 Å². The van der Waals surface area contributed by atoms with Gasteiger partial charge >= 0.3 is 0 Å². The fourth-order valence-corrected chi connectivity index (χ4v) is 5.96. The molecule has 0 spiro atoms. The molecule has 3 aliphatic heterocycles. The maximum absolute atomic E-state index is 13.4. The van der Waals surface area contributed by atoms with Crippen LogP contribution in [0.3, 0.4) is 0 Å². The smallest absolute Gasteiger partial charge is 0.240 e. The molecule has 9 nitrogen and oxygen atoms in total. The number of benzene rings is 1. The summed E-state index contributed by atoms with van der Waals surface area (Å²) in [7, 11) is 0. The van der Waals surface area contributed by atoms with Crippen LogP contribution >= 0.6 is 23.4 Å². The lowest BCUT2D eigenvalue weighted by Gasteiger charge is -2.44. The quantitative estimate of drug-likeness (QED) is 0.271. The van der Waals surface area contributed by atoms with E-state index in [0.29, 0.717) is 25.3 Å². The fraction of sp³-hybridized carbons (Fsp3) is 0.600. The van der Waals surface area contributed by atoms with Crippen LogP contribution in [0.1, 0.15) is 18.9 Å². The van der Waals surface area contributed by atoms with Crippen LogP contribution < -0.4 is 10.6 Å². The molecule has 0 radical (unpaired) electrons. The number of fused-ring (bicyclic) bond motifs is 1. The SMILES string of the molecule is [C-]#[N+]c1ccc(C2=C[C@H]3CN[C@H](C(=O)N[C@H]([C@H](C)Cl)[C@H]4OC(SC)[C@H](O)[C@H](O)C4O)[C@@H]3OCC2)cc1. The molecule has 3 heterocycles. The number of thioether (sulfide) groups is 1. The Bertz CT molecular complexity index is 1000. The molecule has 1 aromatic carbocycles. The molecule has 0 aliphatic carbocycles. The first-order valence-corrected chi connectivity index (χ1v) is 13.7. The largest absolute Gasteiger partial charge is 0.388 e. The van der Waals surface area contributed by atoms with E-state index in [2.05, 4.69) is 21.6 Å². The molecule has 36 heavy (non-hydrogen) atoms. The number of carbonyl (C=O) groups excluding carboxylic acids is 1. The van der Waals surface area contributed by atoms with Gasteiger partial charge in [0.05, 0.1) is 30.7 Å². The Hall–Kier alpha value is -1.68. The zero-order valence-electron chi connectivity index (χ0n) is 20.1. The van der Waals surface area contributed by atoms with E-state index in [-0.39, 0.29) is 17.9 Å². The van der Waals surface area contributed by atoms with Crippen LogP contribution in [0.5, 0.6) is 0 Å². The average molecular weight is 538 g/mol. The highest BCUT2D eigenvalue weighted by molar-refractivity contribution is 7.99. The highest BCUT2D eigenvalue weighted by Crippen LogP contribution is 2.33. The third-order valence-corrected chi connectivity index (χ3v) is 8.19. The number of nitrogens with one attached hydrogen (secondary N) is 2. The molecule has 2 unspecified atom stereocenters. The van der Waals surface area contributed by atoms with Gasteiger partial charge in [-0.2, -0.15) is 0 Å². The maximum Gasteiger partial charge on any atom is 0.240 e. The van der Waals surface area contributed by atoms with Crippen LogP contribution in [0.25, 0.3) is 10.4 Å². The zero-order valence-corrected chi connectivity index (χ0v) is 21.7. The molecule has 4 rings (SSSR count). The normalized spacial score (nSPS) is 36.1. The second-order valence-corrected chi connectivity index (χ2v) is 11.0. The predicted octanol–water partition coefficient (Wildman–Crippen LogP) is 1.28. The number of aliphatic hydroxyl groups excluding tert-OH is 3. The zero-order chi connectivity index (χ0) is 26.0. The van der Waals surface area contributed by atoms with Gasteiger partial charge in [-0.3, -0.25) is 4.79 Å². The maximum atomic E-state index is 13.4. The number of rotatable bonds is 6. The number of ether oxygens (including phenoxy) is 2. The molecule has 0 saturated carbocycles. The highest BCUT2D eigenvalue weighted by atomic mass is 35.5. The number of hydrogen-bond donors (Lipinski definition) is 5. The number of alkyl halides is 1. The van der Waals surface area contributed by atoms with E-state index in [9.17, 15) is 20.1 Å². The third kappa shape index (κ3) is 5.59. The van der Waals surface area contributed by atoms with E-state index in [0.717, 1.165) is 11.1 Å². The lowest BCUT2D eigenvalue weighted by Crippen LogP contribution is -2.65. The van der Waals surface area contributed by atoms with E-state index in [4.69, 9.17) is 27.6 Å². The lowest BCUT2D eigenvalue weighted by atomic mass is 9.92. The minimum absolute atomic E-state index is 0.0278. The monoisotopic (exact) mass is 537 g/mol. The Morgan fingerprint density at radius 3 is 2.61 bits per heavy atom. The third-order valence-electron chi connectivity index (χ3n) is 7.07. The summed E-state index contributed by atoms with van der Waals surface area (Å²) in [5.41, 5.74) is 1.96. The molecular weight excluding hydrogens is 506 g/mol. The van der Waals surface area contributed by atoms with Crippen LogP contribution in [0.15, 0.2) is 30.3 Å². The van der Waals surface area contributed by atoms with Gasteiger partial charge in [0.15, 0.2) is 5.69 Å². The number of halogens is 1. The fourth-order valence-electron chi connectivity index (χ4n) is 5.07. The molecule has 2 saturated heterocycles. The van der Waals surface area contributed by atoms with Gasteiger partial charge in [-0.1, -0.05) is 30.3 Å². The number of nitrogens with zero attached hydrogens (tertiary/aromatic N) is 1. The van der Waals surface area contributed by atoms with E-state index >= 15 is 0 Å². The van der Waals surface area contributed by atoms with Crippen molar-refractivity contribution >= 4 is 40.5 Å². The van der Waals surface area contributed by atoms with Crippen LogP contribution in [-0.2, 0) is 14.3 Å². The number of carbonyl (C=O) groups is 1. The second-order valence-electron chi connectivity index (χ2n) is 9.37. The summed E-state index contributed by atoms with van der Waals surface area (Å²) in [5, 5.41) is 36.6. The van der Waals surface area contributed by atoms with Crippen molar-refractivity contribution in [1.82, 2.24) is 10.6 Å². The molecule has 1 amide bonds. The van der Waals surface area contributed by atoms with Gasteiger partial charge in [0.1, 0.15) is 35.9 Å². The van der Waals surface area contributed by atoms with E-state index < -0.39 is 47.3 Å². The van der Waals surface area contributed by atoms with Crippen molar-refractivity contribution in [3.05, 3.63) is 47.3 Å². The van der Waals surface area contributed by atoms with Crippen molar-refractivity contribution in [2.75, 3.05) is 19.4 Å². The molecule has 10 atom stereocenters. The Morgan fingerprint density at radius 2 is 1.97 bits per heavy atom. The van der Waals surface area contributed by atoms with Gasteiger partial charge in [-0.25, -0.2) is 4.85 Å². The molecule has 196 valence electrons. The van der Waals surface area contributed by atoms with Gasteiger partial charge in [-0.15, -0.1) is 23.4 Å². The Morgan fingerprint density at radius 1 is 1.25 bits per heavy atom. The van der Waals surface area contributed by atoms with Crippen molar-refractivity contribution in [2.45, 2.75) is 66.8 Å². The highest BCUT2D eigenvalue weighted by Gasteiger charge is 2.49. The first-order chi connectivity index (χ1) is 17.2. The molecule has 5 N–H and O–H groups in total. The Balaban J connectivity index is 1.47. The van der Waals surface area contributed by atoms with Crippen molar-refractivity contribution in [1.29, 1.82) is 0 Å². The Labute approximate surface area is 220 Å². The van der Waals surface area contributed by atoms with Gasteiger partial charge in [0.2, 0.25) is 5.91 Å². The molecule has 3 aliphatic rings. The van der Waals surface area contributed by atoms with Gasteiger partial charge in [-0.05, 0) is 30.7 Å². The van der Waals surface area contributed by atoms with Crippen molar-refractivity contribution in [3.8, 4) is 0 Å². The lowest BCUT2D eigenvalue weighted by molar-refractivity contribution is -0.205. The number of hydrogen-bond acceptors (Lipinski definition) is 8. The first-order valence-electron chi connectivity index (χ1n) is 12.0. The molecule has 1 aromatic rings. The van der Waals surface area contributed by atoms with E-state index in [1.807, 2.05) is 12.1 Å². The standard InChI is InChI=1S/C25H32ClN3O6S/c1-12(26)17(23-20(31)19(30)21(32)25(35-23)36-3)29-24(33)18-22-15(11-28-18)10-14(8-9-34-22)13-4-6-16(27-2)7-5-13/h4-7,10,12,15,17-23,25,28,30-32H,8-9,11H2,1,3H3,(H,29,33)/t12-,15-,17+,18-,19+,20?,21+,22+,23+,25?/m0/s1. The van der Waals surface area contributed by atoms with E-state index in [1.165, 1.54) is 11.8 Å². The van der Waals surface area contributed by atoms with Crippen LogP contribution in [-0.4, -0.2) is 94.1 Å². The molecule has 0 bridgehead atoms. The van der Waals surface area contributed by atoms with Gasteiger partial charge < -0.3 is 35.4 Å². The minimum Gasteiger partial charge on any atom is -0.388 e. The molecule has 0 aromatic heterocycles. The first kappa shape index (κ1) is 27.4. The van der Waals surface area contributed by atoms with Crippen molar-refractivity contribution in [3.63, 3.8) is 0 Å². The summed E-state index contributed by atoms with van der Waals surface area (Å²) in [5.74, 6) is -0.365. The number of amides is 1. The summed E-state index contributed by atoms with van der Waals surface area (Å²) in [4.78, 5) is 16.8. The molecule has 2 fully saturated rings. The topological polar surface area (TPSA) is 125 Å². The van der Waals surface area contributed by atoms with Crippen LogP contribution in [0, 0.1) is 12.5 Å². The molecular formula is C25H32ClN3O6S. The second kappa shape index (κ2) is 11.8. The van der Waals surface area contributed by atoms with Gasteiger partial charge in [0, 0.05) is 12.5 Å². The number of aliphatic hydroxyl groups is 3. The van der Waals surface area contributed by atoms with Crippen molar-refractivity contribution < 1.29 is 29.6 Å². The van der Waals surface area contributed by atoms with Crippen LogP contribution in [0.4, 0.5) is 5.69 Å². The van der Waals surface area contributed by atoms with E-state index in [1.54, 1.807) is 25.3 Å². The summed E-state index contributed by atoms with van der Waals surface area (Å²) >= 11 is 7.61. The summed E-state index contributed by atoms with van der Waals surface area (Å²) in [6.45, 7) is 9.81. The summed E-state index contributed by atoms with van der Waals surface area (Å²) in [6, 6.07) is 6.00. The average Bonchev–Trinajstić information content (AvgIpc) is 3.16.